The first-order valence-electron chi connectivity index (χ1n) is 3.40. The quantitative estimate of drug-likeness (QED) is 0.606. The number of benzene rings is 1. The van der Waals surface area contributed by atoms with Crippen LogP contribution in [0, 0.1) is 7.11 Å². The van der Waals surface area contributed by atoms with Crippen molar-refractivity contribution < 1.29 is 9.47 Å². The summed E-state index contributed by atoms with van der Waals surface area (Å²) >= 11 is 0. The predicted octanol–water partition coefficient (Wildman–Crippen LogP) is 1.63. The first-order valence-corrected chi connectivity index (χ1v) is 3.40. The molecule has 0 aromatic heterocycles. The summed E-state index contributed by atoms with van der Waals surface area (Å²) in [7, 11) is 6.39. The Hall–Kier alpha value is -1.02. The van der Waals surface area contributed by atoms with Gasteiger partial charge in [-0.1, -0.05) is 18.2 Å². The van der Waals surface area contributed by atoms with E-state index in [1.807, 2.05) is 30.3 Å². The Labute approximate surface area is 66.8 Å². The van der Waals surface area contributed by atoms with E-state index in [0.29, 0.717) is 13.2 Å². The molecular formula is C9H9O2. The standard InChI is InChI=1S/C9H9O2/c1-10-7-8-11-9-5-3-2-4-6-9/h2-6H,7-8H2. The van der Waals surface area contributed by atoms with Gasteiger partial charge in [0.15, 0.2) is 7.11 Å². The van der Waals surface area contributed by atoms with Crippen LogP contribution >= 0.6 is 0 Å². The van der Waals surface area contributed by atoms with Crippen LogP contribution in [-0.2, 0) is 4.74 Å². The molecule has 1 rings (SSSR count). The molecule has 0 saturated heterocycles. The molecule has 0 atom stereocenters. The molecule has 2 heteroatoms. The molecule has 0 aliphatic rings. The van der Waals surface area contributed by atoms with Gasteiger partial charge < -0.3 is 9.47 Å². The van der Waals surface area contributed by atoms with Crippen LogP contribution in [0.25, 0.3) is 0 Å². The van der Waals surface area contributed by atoms with Gasteiger partial charge in [-0.25, -0.2) is 0 Å². The molecule has 0 aliphatic carbocycles. The number of ether oxygens (including phenoxy) is 2. The van der Waals surface area contributed by atoms with E-state index in [9.17, 15) is 0 Å². The van der Waals surface area contributed by atoms with Gasteiger partial charge in [-0.05, 0) is 12.1 Å². The fourth-order valence-corrected chi connectivity index (χ4v) is 0.718. The molecule has 0 saturated carbocycles. The van der Waals surface area contributed by atoms with E-state index >= 15 is 0 Å². The highest BCUT2D eigenvalue weighted by atomic mass is 16.5. The lowest BCUT2D eigenvalue weighted by atomic mass is 10.3. The lowest BCUT2D eigenvalue weighted by Crippen LogP contribution is -2.02. The minimum absolute atomic E-state index is 0.300. The summed E-state index contributed by atoms with van der Waals surface area (Å²) in [4.78, 5) is 0. The molecule has 0 amide bonds. The van der Waals surface area contributed by atoms with Crippen LogP contribution in [0.1, 0.15) is 0 Å². The number of rotatable bonds is 4. The average Bonchev–Trinajstić information content (AvgIpc) is 2.07. The van der Waals surface area contributed by atoms with Gasteiger partial charge in [0.05, 0.1) is 6.61 Å². The van der Waals surface area contributed by atoms with Crippen LogP contribution in [-0.4, -0.2) is 13.2 Å². The number of para-hydroxylation sites is 1. The highest BCUT2D eigenvalue weighted by molar-refractivity contribution is 5.20. The maximum Gasteiger partial charge on any atom is 0.173 e. The normalized spacial score (nSPS) is 9.55. The number of hydrogen-bond donors (Lipinski definition) is 0. The summed E-state index contributed by atoms with van der Waals surface area (Å²) in [6, 6.07) is 9.45. The lowest BCUT2D eigenvalue weighted by Gasteiger charge is -2.03. The summed E-state index contributed by atoms with van der Waals surface area (Å²) in [6.45, 7) is 0.725. The van der Waals surface area contributed by atoms with E-state index in [1.54, 1.807) is 0 Å². The zero-order valence-corrected chi connectivity index (χ0v) is 6.12. The Morgan fingerprint density at radius 1 is 1.09 bits per heavy atom. The Kier molecular flexibility index (Phi) is 3.48. The van der Waals surface area contributed by atoms with E-state index < -0.39 is 0 Å². The maximum absolute atomic E-state index is 6.39. The van der Waals surface area contributed by atoms with Crippen molar-refractivity contribution in [1.82, 2.24) is 0 Å². The van der Waals surface area contributed by atoms with Crippen molar-refractivity contribution in [2.75, 3.05) is 13.2 Å². The third-order valence-electron chi connectivity index (χ3n) is 1.20. The molecule has 2 nitrogen and oxygen atoms in total. The lowest BCUT2D eigenvalue weighted by molar-refractivity contribution is 0.174. The Morgan fingerprint density at radius 3 is 2.45 bits per heavy atom. The SMILES string of the molecule is [C]OCCOc1ccccc1. The highest BCUT2D eigenvalue weighted by Crippen LogP contribution is 2.07. The molecule has 57 valence electrons. The molecule has 0 aliphatic heterocycles. The fraction of sp³-hybridized carbons (Fsp3) is 0.222. The second-order valence-electron chi connectivity index (χ2n) is 2.01. The van der Waals surface area contributed by atoms with Crippen LogP contribution in [0.4, 0.5) is 0 Å². The predicted molar refractivity (Wildman–Crippen MR) is 41.1 cm³/mol. The van der Waals surface area contributed by atoms with Crippen molar-refractivity contribution in [2.24, 2.45) is 0 Å². The molecule has 1 aromatic rings. The summed E-state index contributed by atoms with van der Waals surface area (Å²) in [6.07, 6.45) is 0. The van der Waals surface area contributed by atoms with E-state index in [2.05, 4.69) is 4.74 Å². The zero-order valence-electron chi connectivity index (χ0n) is 6.12. The largest absolute Gasteiger partial charge is 0.491 e. The third-order valence-corrected chi connectivity index (χ3v) is 1.20. The topological polar surface area (TPSA) is 18.5 Å². The fourth-order valence-electron chi connectivity index (χ4n) is 0.718. The highest BCUT2D eigenvalue weighted by Gasteiger charge is 1.88. The summed E-state index contributed by atoms with van der Waals surface area (Å²) in [5.41, 5.74) is 0. The molecule has 11 heavy (non-hydrogen) atoms. The molecule has 0 N–H and O–H groups in total. The van der Waals surface area contributed by atoms with Gasteiger partial charge in [-0.15, -0.1) is 0 Å². The molecule has 0 unspecified atom stereocenters. The van der Waals surface area contributed by atoms with E-state index in [4.69, 9.17) is 11.8 Å². The van der Waals surface area contributed by atoms with Crippen molar-refractivity contribution in [2.45, 2.75) is 0 Å². The van der Waals surface area contributed by atoms with E-state index in [-0.39, 0.29) is 0 Å². The van der Waals surface area contributed by atoms with Crippen molar-refractivity contribution in [3.05, 3.63) is 37.4 Å². The average molecular weight is 149 g/mol. The Morgan fingerprint density at radius 2 is 1.82 bits per heavy atom. The number of hydrogen-bond acceptors (Lipinski definition) is 2. The van der Waals surface area contributed by atoms with Crippen LogP contribution in [0.5, 0.6) is 5.75 Å². The minimum atomic E-state index is 0.300. The van der Waals surface area contributed by atoms with Crippen molar-refractivity contribution >= 4 is 0 Å². The second kappa shape index (κ2) is 4.74. The second-order valence-corrected chi connectivity index (χ2v) is 2.01. The van der Waals surface area contributed by atoms with Crippen molar-refractivity contribution in [3.63, 3.8) is 0 Å². The first kappa shape index (κ1) is 8.08. The van der Waals surface area contributed by atoms with E-state index in [0.717, 1.165) is 5.75 Å². The van der Waals surface area contributed by atoms with Gasteiger partial charge in [0.25, 0.3) is 0 Å². The Balaban J connectivity index is 2.28. The van der Waals surface area contributed by atoms with Crippen LogP contribution < -0.4 is 4.74 Å². The summed E-state index contributed by atoms with van der Waals surface area (Å²) < 4.78 is 9.29. The monoisotopic (exact) mass is 149 g/mol. The first-order chi connectivity index (χ1) is 5.43. The van der Waals surface area contributed by atoms with Crippen molar-refractivity contribution in [3.8, 4) is 5.75 Å². The Bertz CT molecular complexity index is 184. The van der Waals surface area contributed by atoms with Crippen LogP contribution in [0.2, 0.25) is 0 Å². The molecule has 0 spiro atoms. The third kappa shape index (κ3) is 3.05. The molecule has 1 aromatic carbocycles. The summed E-state index contributed by atoms with van der Waals surface area (Å²) in [5.74, 6) is 0.810. The van der Waals surface area contributed by atoms with Gasteiger partial charge in [-0.3, -0.25) is 0 Å². The zero-order chi connectivity index (χ0) is 7.94. The van der Waals surface area contributed by atoms with Crippen molar-refractivity contribution in [1.29, 1.82) is 0 Å². The van der Waals surface area contributed by atoms with Gasteiger partial charge in [-0.2, -0.15) is 0 Å². The van der Waals surface area contributed by atoms with Crippen LogP contribution in [0.15, 0.2) is 30.3 Å². The molecular weight excluding hydrogens is 140 g/mol. The van der Waals surface area contributed by atoms with E-state index in [1.165, 1.54) is 0 Å². The van der Waals surface area contributed by atoms with Gasteiger partial charge in [0.2, 0.25) is 0 Å². The van der Waals surface area contributed by atoms with Gasteiger partial charge in [0.1, 0.15) is 12.4 Å². The maximum atomic E-state index is 6.39. The molecule has 0 heterocycles. The summed E-state index contributed by atoms with van der Waals surface area (Å²) in [5, 5.41) is 0. The molecule has 3 radical (unpaired) electrons. The smallest absolute Gasteiger partial charge is 0.173 e. The molecule has 0 fully saturated rings. The van der Waals surface area contributed by atoms with Gasteiger partial charge in [0, 0.05) is 0 Å². The molecule has 0 bridgehead atoms. The van der Waals surface area contributed by atoms with Gasteiger partial charge >= 0.3 is 0 Å². The minimum Gasteiger partial charge on any atom is -0.491 e. The van der Waals surface area contributed by atoms with Crippen LogP contribution in [0.3, 0.4) is 0 Å².